The van der Waals surface area contributed by atoms with Crippen LogP contribution in [-0.4, -0.2) is 35.5 Å². The van der Waals surface area contributed by atoms with Gasteiger partial charge in [0.15, 0.2) is 0 Å². The highest BCUT2D eigenvalue weighted by atomic mass is 16.4. The van der Waals surface area contributed by atoms with Crippen molar-refractivity contribution in [3.05, 3.63) is 29.8 Å². The SMILES string of the molecule is O=C(O)c1cccc(NN2CCC=NC2)c1. The minimum atomic E-state index is -0.916. The lowest BCUT2D eigenvalue weighted by atomic mass is 10.2. The summed E-state index contributed by atoms with van der Waals surface area (Å²) in [7, 11) is 0. The summed E-state index contributed by atoms with van der Waals surface area (Å²) in [6.07, 6.45) is 2.80. The third-order valence-electron chi connectivity index (χ3n) is 2.31. The smallest absolute Gasteiger partial charge is 0.335 e. The zero-order chi connectivity index (χ0) is 11.4. The number of carbonyl (C=O) groups is 1. The van der Waals surface area contributed by atoms with Crippen molar-refractivity contribution in [2.24, 2.45) is 4.99 Å². The summed E-state index contributed by atoms with van der Waals surface area (Å²) in [4.78, 5) is 14.9. The fraction of sp³-hybridized carbons (Fsp3) is 0.273. The molecular weight excluding hydrogens is 206 g/mol. The predicted molar refractivity (Wildman–Crippen MR) is 61.7 cm³/mol. The Labute approximate surface area is 93.4 Å². The van der Waals surface area contributed by atoms with Gasteiger partial charge in [-0.15, -0.1) is 0 Å². The quantitative estimate of drug-likeness (QED) is 0.807. The summed E-state index contributed by atoms with van der Waals surface area (Å²) in [5.41, 5.74) is 4.19. The lowest BCUT2D eigenvalue weighted by Gasteiger charge is -2.24. The number of carboxylic acid groups (broad SMARTS) is 1. The van der Waals surface area contributed by atoms with Gasteiger partial charge in [0.25, 0.3) is 0 Å². The number of hydrogen-bond acceptors (Lipinski definition) is 4. The van der Waals surface area contributed by atoms with Crippen LogP contribution in [0.4, 0.5) is 5.69 Å². The van der Waals surface area contributed by atoms with E-state index in [2.05, 4.69) is 10.4 Å². The Morgan fingerprint density at radius 2 is 2.38 bits per heavy atom. The van der Waals surface area contributed by atoms with Gasteiger partial charge < -0.3 is 10.5 Å². The zero-order valence-electron chi connectivity index (χ0n) is 8.76. The van der Waals surface area contributed by atoms with Crippen molar-refractivity contribution in [1.82, 2.24) is 5.01 Å². The summed E-state index contributed by atoms with van der Waals surface area (Å²) in [6.45, 7) is 1.47. The molecule has 0 spiro atoms. The molecule has 16 heavy (non-hydrogen) atoms. The van der Waals surface area contributed by atoms with Crippen molar-refractivity contribution in [3.63, 3.8) is 0 Å². The zero-order valence-corrected chi connectivity index (χ0v) is 8.76. The molecule has 1 aromatic rings. The van der Waals surface area contributed by atoms with Gasteiger partial charge in [0, 0.05) is 18.4 Å². The number of aliphatic imine (C=N–C) groups is 1. The van der Waals surface area contributed by atoms with Gasteiger partial charge in [-0.05, 0) is 24.6 Å². The molecule has 1 heterocycles. The number of hydrazine groups is 1. The monoisotopic (exact) mass is 219 g/mol. The topological polar surface area (TPSA) is 64.9 Å². The molecule has 0 radical (unpaired) electrons. The average molecular weight is 219 g/mol. The van der Waals surface area contributed by atoms with Gasteiger partial charge in [0.2, 0.25) is 0 Å². The number of hydrogen-bond donors (Lipinski definition) is 2. The molecule has 1 aromatic carbocycles. The molecule has 5 heteroatoms. The Morgan fingerprint density at radius 3 is 3.06 bits per heavy atom. The summed E-state index contributed by atoms with van der Waals surface area (Å²) in [5, 5.41) is 10.8. The van der Waals surface area contributed by atoms with E-state index >= 15 is 0 Å². The van der Waals surface area contributed by atoms with Crippen molar-refractivity contribution in [3.8, 4) is 0 Å². The van der Waals surface area contributed by atoms with Crippen LogP contribution in [-0.2, 0) is 0 Å². The molecule has 84 valence electrons. The molecule has 0 unspecified atom stereocenters. The largest absolute Gasteiger partial charge is 0.478 e. The van der Waals surface area contributed by atoms with E-state index in [1.54, 1.807) is 18.2 Å². The fourth-order valence-corrected chi connectivity index (χ4v) is 1.53. The van der Waals surface area contributed by atoms with Crippen molar-refractivity contribution in [2.45, 2.75) is 6.42 Å². The normalized spacial score (nSPS) is 16.0. The molecule has 1 aliphatic heterocycles. The molecule has 0 saturated carbocycles. The number of nitrogens with one attached hydrogen (secondary N) is 1. The van der Waals surface area contributed by atoms with Gasteiger partial charge in [-0.3, -0.25) is 4.99 Å². The van der Waals surface area contributed by atoms with Crippen LogP contribution in [0.25, 0.3) is 0 Å². The fourth-order valence-electron chi connectivity index (χ4n) is 1.53. The highest BCUT2D eigenvalue weighted by molar-refractivity contribution is 5.88. The molecule has 2 rings (SSSR count). The van der Waals surface area contributed by atoms with Gasteiger partial charge in [-0.1, -0.05) is 6.07 Å². The van der Waals surface area contributed by atoms with E-state index in [4.69, 9.17) is 5.11 Å². The standard InChI is InChI=1S/C11H13N3O2/c15-11(16)9-3-1-4-10(7-9)13-14-6-2-5-12-8-14/h1,3-5,7,13H,2,6,8H2,(H,15,16). The highest BCUT2D eigenvalue weighted by Crippen LogP contribution is 2.12. The van der Waals surface area contributed by atoms with Crippen LogP contribution in [0.1, 0.15) is 16.8 Å². The van der Waals surface area contributed by atoms with E-state index in [1.165, 1.54) is 0 Å². The van der Waals surface area contributed by atoms with Crippen LogP contribution in [0.15, 0.2) is 29.3 Å². The maximum absolute atomic E-state index is 10.8. The van der Waals surface area contributed by atoms with E-state index < -0.39 is 5.97 Å². The third-order valence-corrected chi connectivity index (χ3v) is 2.31. The van der Waals surface area contributed by atoms with Gasteiger partial charge >= 0.3 is 5.97 Å². The first-order chi connectivity index (χ1) is 7.75. The number of aromatic carboxylic acids is 1. The average Bonchev–Trinajstić information content (AvgIpc) is 2.30. The number of rotatable bonds is 3. The van der Waals surface area contributed by atoms with Crippen LogP contribution in [0.3, 0.4) is 0 Å². The van der Waals surface area contributed by atoms with Gasteiger partial charge in [-0.2, -0.15) is 0 Å². The molecule has 0 aromatic heterocycles. The minimum absolute atomic E-state index is 0.283. The van der Waals surface area contributed by atoms with Gasteiger partial charge in [0.1, 0.15) is 6.67 Å². The van der Waals surface area contributed by atoms with E-state index in [0.29, 0.717) is 6.67 Å². The number of nitrogens with zero attached hydrogens (tertiary/aromatic N) is 2. The minimum Gasteiger partial charge on any atom is -0.478 e. The number of benzene rings is 1. The number of anilines is 1. The van der Waals surface area contributed by atoms with E-state index in [1.807, 2.05) is 17.3 Å². The molecule has 0 atom stereocenters. The van der Waals surface area contributed by atoms with Crippen molar-refractivity contribution in [2.75, 3.05) is 18.6 Å². The Morgan fingerprint density at radius 1 is 1.50 bits per heavy atom. The van der Waals surface area contributed by atoms with Crippen molar-refractivity contribution >= 4 is 17.9 Å². The van der Waals surface area contributed by atoms with Crippen molar-refractivity contribution in [1.29, 1.82) is 0 Å². The molecule has 0 aliphatic carbocycles. The van der Waals surface area contributed by atoms with Crippen LogP contribution >= 0.6 is 0 Å². The Balaban J connectivity index is 2.06. The van der Waals surface area contributed by atoms with E-state index in [-0.39, 0.29) is 5.56 Å². The maximum atomic E-state index is 10.8. The predicted octanol–water partition coefficient (Wildman–Crippen LogP) is 1.45. The molecule has 0 bridgehead atoms. The van der Waals surface area contributed by atoms with Crippen LogP contribution in [0.2, 0.25) is 0 Å². The first-order valence-electron chi connectivity index (χ1n) is 5.09. The molecule has 1 aliphatic rings. The summed E-state index contributed by atoms with van der Waals surface area (Å²) in [5.74, 6) is -0.916. The first-order valence-corrected chi connectivity index (χ1v) is 5.09. The second kappa shape index (κ2) is 4.76. The second-order valence-corrected chi connectivity index (χ2v) is 3.56. The molecule has 0 saturated heterocycles. The highest BCUT2D eigenvalue weighted by Gasteiger charge is 2.08. The van der Waals surface area contributed by atoms with Crippen molar-refractivity contribution < 1.29 is 9.90 Å². The molecule has 0 fully saturated rings. The van der Waals surface area contributed by atoms with Crippen LogP contribution in [0, 0.1) is 0 Å². The Hall–Kier alpha value is -1.88. The van der Waals surface area contributed by atoms with Crippen LogP contribution in [0.5, 0.6) is 0 Å². The summed E-state index contributed by atoms with van der Waals surface area (Å²) in [6, 6.07) is 6.74. The third kappa shape index (κ3) is 2.58. The lowest BCUT2D eigenvalue weighted by molar-refractivity contribution is 0.0697. The Bertz CT molecular complexity index is 417. The summed E-state index contributed by atoms with van der Waals surface area (Å²) < 4.78 is 0. The Kier molecular flexibility index (Phi) is 3.16. The van der Waals surface area contributed by atoms with E-state index in [0.717, 1.165) is 18.7 Å². The lowest BCUT2D eigenvalue weighted by Crippen LogP contribution is -2.33. The van der Waals surface area contributed by atoms with Crippen LogP contribution < -0.4 is 5.43 Å². The first kappa shape index (κ1) is 10.6. The molecule has 0 amide bonds. The maximum Gasteiger partial charge on any atom is 0.335 e. The molecular formula is C11H13N3O2. The molecule has 2 N–H and O–H groups in total. The molecule has 5 nitrogen and oxygen atoms in total. The summed E-state index contributed by atoms with van der Waals surface area (Å²) >= 11 is 0. The van der Waals surface area contributed by atoms with Gasteiger partial charge in [0.05, 0.1) is 5.56 Å². The van der Waals surface area contributed by atoms with Gasteiger partial charge in [-0.25, -0.2) is 9.80 Å². The second-order valence-electron chi connectivity index (χ2n) is 3.56. The number of carboxylic acids is 1. The van der Waals surface area contributed by atoms with E-state index in [9.17, 15) is 4.79 Å².